The molecule has 3 aromatic rings. The fourth-order valence-electron chi connectivity index (χ4n) is 3.32. The van der Waals surface area contributed by atoms with Gasteiger partial charge in [0, 0.05) is 44.0 Å². The van der Waals surface area contributed by atoms with E-state index in [0.29, 0.717) is 5.82 Å². The van der Waals surface area contributed by atoms with E-state index in [1.807, 2.05) is 49.4 Å². The van der Waals surface area contributed by atoms with Crippen molar-refractivity contribution in [3.63, 3.8) is 0 Å². The molecule has 0 radical (unpaired) electrons. The summed E-state index contributed by atoms with van der Waals surface area (Å²) in [6.07, 6.45) is 5.81. The van der Waals surface area contributed by atoms with Gasteiger partial charge in [0.25, 0.3) is 0 Å². The predicted octanol–water partition coefficient (Wildman–Crippen LogP) is 3.82. The number of anilines is 3. The van der Waals surface area contributed by atoms with Crippen LogP contribution in [0.25, 0.3) is 18.2 Å². The Labute approximate surface area is 177 Å². The number of nitrogens with zero attached hydrogens (tertiary/aromatic N) is 5. The first-order valence-electron chi connectivity index (χ1n) is 10.1. The molecular weight excluding hydrogens is 374 g/mol. The number of likely N-dealkylation sites (N-methyl/N-ethyl adjacent to an activating group) is 1. The van der Waals surface area contributed by atoms with Gasteiger partial charge in [0.05, 0.1) is 0 Å². The van der Waals surface area contributed by atoms with E-state index in [2.05, 4.69) is 56.1 Å². The molecule has 1 aromatic carbocycles. The van der Waals surface area contributed by atoms with Gasteiger partial charge in [-0.3, -0.25) is 5.10 Å². The van der Waals surface area contributed by atoms with Crippen LogP contribution < -0.4 is 10.2 Å². The van der Waals surface area contributed by atoms with Crippen LogP contribution in [-0.2, 0) is 0 Å². The Bertz CT molecular complexity index is 1030. The number of rotatable bonds is 6. The van der Waals surface area contributed by atoms with Gasteiger partial charge in [-0.2, -0.15) is 5.10 Å². The second kappa shape index (κ2) is 8.92. The van der Waals surface area contributed by atoms with Crippen molar-refractivity contribution in [1.29, 1.82) is 0 Å². The molecule has 0 spiro atoms. The number of hydrogen-bond donors (Lipinski definition) is 2. The van der Waals surface area contributed by atoms with Crippen molar-refractivity contribution >= 4 is 35.7 Å². The Morgan fingerprint density at radius 1 is 0.967 bits per heavy atom. The van der Waals surface area contributed by atoms with Gasteiger partial charge < -0.3 is 15.1 Å². The molecule has 2 aromatic heterocycles. The number of piperazine rings is 1. The van der Waals surface area contributed by atoms with Crippen LogP contribution >= 0.6 is 0 Å². The molecule has 4 rings (SSSR count). The number of aromatic amines is 1. The Morgan fingerprint density at radius 2 is 1.70 bits per heavy atom. The van der Waals surface area contributed by atoms with Crippen molar-refractivity contribution in [2.75, 3.05) is 43.4 Å². The second-order valence-electron chi connectivity index (χ2n) is 7.53. The van der Waals surface area contributed by atoms with E-state index in [0.717, 1.165) is 60.5 Å². The highest BCUT2D eigenvalue weighted by Gasteiger charge is 2.17. The molecule has 3 heterocycles. The van der Waals surface area contributed by atoms with Gasteiger partial charge in [-0.25, -0.2) is 9.97 Å². The van der Waals surface area contributed by atoms with Crippen molar-refractivity contribution in [1.82, 2.24) is 25.1 Å². The van der Waals surface area contributed by atoms with Crippen LogP contribution in [0, 0.1) is 6.92 Å². The Morgan fingerprint density at radius 3 is 2.37 bits per heavy atom. The average molecular weight is 402 g/mol. The summed E-state index contributed by atoms with van der Waals surface area (Å²) in [5, 5.41) is 10.5. The molecule has 1 fully saturated rings. The lowest BCUT2D eigenvalue weighted by Crippen LogP contribution is -2.44. The molecule has 0 saturated carbocycles. The van der Waals surface area contributed by atoms with E-state index in [1.54, 1.807) is 0 Å². The monoisotopic (exact) mass is 401 g/mol. The molecule has 0 amide bonds. The third-order valence-electron chi connectivity index (χ3n) is 5.12. The maximum Gasteiger partial charge on any atom is 0.156 e. The van der Waals surface area contributed by atoms with Gasteiger partial charge >= 0.3 is 0 Å². The summed E-state index contributed by atoms with van der Waals surface area (Å²) >= 11 is 0. The van der Waals surface area contributed by atoms with E-state index < -0.39 is 0 Å². The number of benzene rings is 1. The molecule has 30 heavy (non-hydrogen) atoms. The average Bonchev–Trinajstić information content (AvgIpc) is 3.17. The first-order valence-corrected chi connectivity index (χ1v) is 10.1. The highest BCUT2D eigenvalue weighted by molar-refractivity contribution is 5.69. The van der Waals surface area contributed by atoms with Crippen LogP contribution in [0.4, 0.5) is 17.5 Å². The second-order valence-corrected chi connectivity index (χ2v) is 7.53. The van der Waals surface area contributed by atoms with Gasteiger partial charge in [-0.15, -0.1) is 0 Å². The lowest BCUT2D eigenvalue weighted by Gasteiger charge is -2.33. The minimum atomic E-state index is 0.661. The van der Waals surface area contributed by atoms with Crippen LogP contribution in [0.1, 0.15) is 22.6 Å². The van der Waals surface area contributed by atoms with Crippen molar-refractivity contribution in [2.45, 2.75) is 6.92 Å². The van der Waals surface area contributed by atoms with Crippen LogP contribution in [0.15, 0.2) is 43.0 Å². The van der Waals surface area contributed by atoms with Crippen molar-refractivity contribution in [2.24, 2.45) is 0 Å². The molecule has 0 bridgehead atoms. The van der Waals surface area contributed by atoms with E-state index in [1.165, 1.54) is 0 Å². The lowest BCUT2D eigenvalue weighted by atomic mass is 10.1. The van der Waals surface area contributed by atoms with Crippen molar-refractivity contribution in [3.8, 4) is 0 Å². The molecule has 1 aliphatic heterocycles. The number of aromatic nitrogens is 4. The third kappa shape index (κ3) is 4.93. The van der Waals surface area contributed by atoms with Crippen LogP contribution in [0.3, 0.4) is 0 Å². The first kappa shape index (κ1) is 19.8. The maximum atomic E-state index is 4.80. The molecular formula is C23H27N7. The highest BCUT2D eigenvalue weighted by Crippen LogP contribution is 2.21. The third-order valence-corrected chi connectivity index (χ3v) is 5.12. The fourth-order valence-corrected chi connectivity index (χ4v) is 3.32. The number of hydrogen-bond acceptors (Lipinski definition) is 6. The zero-order valence-electron chi connectivity index (χ0n) is 17.5. The Hall–Kier alpha value is -3.45. The smallest absolute Gasteiger partial charge is 0.156 e. The minimum absolute atomic E-state index is 0.661. The van der Waals surface area contributed by atoms with Gasteiger partial charge in [0.1, 0.15) is 11.6 Å². The summed E-state index contributed by atoms with van der Waals surface area (Å²) in [7, 11) is 2.15. The lowest BCUT2D eigenvalue weighted by molar-refractivity contribution is 0.312. The van der Waals surface area contributed by atoms with Gasteiger partial charge in [-0.1, -0.05) is 43.0 Å². The number of aryl methyl sites for hydroxylation is 1. The van der Waals surface area contributed by atoms with Crippen molar-refractivity contribution in [3.05, 3.63) is 65.6 Å². The fraction of sp³-hybridized carbons (Fsp3) is 0.261. The maximum absolute atomic E-state index is 4.80. The number of H-pyrrole nitrogens is 1. The van der Waals surface area contributed by atoms with Gasteiger partial charge in [-0.05, 0) is 31.2 Å². The summed E-state index contributed by atoms with van der Waals surface area (Å²) in [5.74, 6) is 3.06. The SMILES string of the molecule is C=Cc1ccc(C=Cc2nc(Nc3cc(C)[nH]n3)cc(N3CCN(C)CC3)n2)cc1. The van der Waals surface area contributed by atoms with Gasteiger partial charge in [0.2, 0.25) is 0 Å². The predicted molar refractivity (Wildman–Crippen MR) is 124 cm³/mol. The molecule has 1 saturated heterocycles. The molecule has 7 heteroatoms. The van der Waals surface area contributed by atoms with E-state index >= 15 is 0 Å². The molecule has 0 aliphatic carbocycles. The van der Waals surface area contributed by atoms with Crippen LogP contribution in [0.2, 0.25) is 0 Å². The summed E-state index contributed by atoms with van der Waals surface area (Å²) in [6, 6.07) is 12.1. The summed E-state index contributed by atoms with van der Waals surface area (Å²) in [4.78, 5) is 14.1. The topological polar surface area (TPSA) is 73.0 Å². The first-order chi connectivity index (χ1) is 14.6. The standard InChI is InChI=1S/C23H27N7/c1-4-18-5-7-19(8-6-18)9-10-20-24-21(25-22-15-17(2)27-28-22)16-23(26-20)30-13-11-29(3)12-14-30/h4-10,15-16H,1,11-14H2,2-3H3,(H2,24,25,26,27,28). The number of nitrogens with one attached hydrogen (secondary N) is 2. The Kier molecular flexibility index (Phi) is 5.90. The van der Waals surface area contributed by atoms with Gasteiger partial charge in [0.15, 0.2) is 11.6 Å². The summed E-state index contributed by atoms with van der Waals surface area (Å²) in [5.41, 5.74) is 3.18. The zero-order chi connectivity index (χ0) is 20.9. The molecule has 7 nitrogen and oxygen atoms in total. The van der Waals surface area contributed by atoms with E-state index in [-0.39, 0.29) is 0 Å². The molecule has 0 atom stereocenters. The van der Waals surface area contributed by atoms with E-state index in [4.69, 9.17) is 4.98 Å². The van der Waals surface area contributed by atoms with E-state index in [9.17, 15) is 0 Å². The quantitative estimate of drug-likeness (QED) is 0.654. The van der Waals surface area contributed by atoms with Crippen LogP contribution in [-0.4, -0.2) is 58.3 Å². The van der Waals surface area contributed by atoms with Crippen LogP contribution in [0.5, 0.6) is 0 Å². The molecule has 1 aliphatic rings. The Balaban J connectivity index is 1.61. The minimum Gasteiger partial charge on any atom is -0.354 e. The molecule has 0 unspecified atom stereocenters. The highest BCUT2D eigenvalue weighted by atomic mass is 15.3. The molecule has 154 valence electrons. The summed E-state index contributed by atoms with van der Waals surface area (Å²) < 4.78 is 0. The van der Waals surface area contributed by atoms with Crippen molar-refractivity contribution < 1.29 is 0 Å². The summed E-state index contributed by atoms with van der Waals surface area (Å²) in [6.45, 7) is 9.70. The zero-order valence-corrected chi connectivity index (χ0v) is 17.5. The largest absolute Gasteiger partial charge is 0.354 e. The molecule has 2 N–H and O–H groups in total. The normalized spacial score (nSPS) is 14.9.